The number of piperazine rings is 1. The molecule has 1 unspecified atom stereocenters. The highest BCUT2D eigenvalue weighted by Gasteiger charge is 2.29. The third-order valence-corrected chi connectivity index (χ3v) is 5.67. The number of likely N-dealkylation sites (tertiary alicyclic amines) is 1. The van der Waals surface area contributed by atoms with Crippen molar-refractivity contribution in [1.82, 2.24) is 15.1 Å². The van der Waals surface area contributed by atoms with Crippen molar-refractivity contribution in [2.45, 2.75) is 25.4 Å². The second kappa shape index (κ2) is 8.67. The summed E-state index contributed by atoms with van der Waals surface area (Å²) in [5, 5.41) is 3.90. The first-order valence-corrected chi connectivity index (χ1v) is 8.97. The Morgan fingerprint density at radius 3 is 2.91 bits per heavy atom. The zero-order valence-corrected chi connectivity index (χ0v) is 16.1. The number of carbonyl (C=O) groups is 1. The van der Waals surface area contributed by atoms with Crippen LogP contribution >= 0.6 is 39.9 Å². The fourth-order valence-electron chi connectivity index (χ4n) is 3.33. The minimum atomic E-state index is 0. The molecule has 23 heavy (non-hydrogen) atoms. The Morgan fingerprint density at radius 1 is 1.35 bits per heavy atom. The van der Waals surface area contributed by atoms with Gasteiger partial charge in [-0.1, -0.05) is 17.7 Å². The first kappa shape index (κ1) is 19.0. The van der Waals surface area contributed by atoms with E-state index in [-0.39, 0.29) is 18.3 Å². The van der Waals surface area contributed by atoms with Crippen LogP contribution in [0.15, 0.2) is 22.7 Å². The molecule has 3 rings (SSSR count). The van der Waals surface area contributed by atoms with Gasteiger partial charge >= 0.3 is 0 Å². The molecule has 0 radical (unpaired) electrons. The Kier molecular flexibility index (Phi) is 7.17. The lowest BCUT2D eigenvalue weighted by Crippen LogP contribution is -2.56. The summed E-state index contributed by atoms with van der Waals surface area (Å²) in [6, 6.07) is 6.48. The van der Waals surface area contributed by atoms with Crippen LogP contribution in [0.1, 0.15) is 18.4 Å². The summed E-state index contributed by atoms with van der Waals surface area (Å²) >= 11 is 9.60. The van der Waals surface area contributed by atoms with Crippen molar-refractivity contribution < 1.29 is 4.79 Å². The molecule has 2 heterocycles. The molecule has 2 aliphatic heterocycles. The van der Waals surface area contributed by atoms with Crippen LogP contribution in [-0.4, -0.2) is 54.5 Å². The maximum atomic E-state index is 12.1. The second-order valence-electron chi connectivity index (χ2n) is 6.04. The van der Waals surface area contributed by atoms with Gasteiger partial charge in [-0.2, -0.15) is 0 Å². The van der Waals surface area contributed by atoms with Crippen LogP contribution in [0.2, 0.25) is 5.02 Å². The molecule has 0 spiro atoms. The average molecular weight is 423 g/mol. The van der Waals surface area contributed by atoms with E-state index >= 15 is 0 Å². The molecule has 1 aromatic carbocycles. The molecule has 2 aliphatic rings. The van der Waals surface area contributed by atoms with Crippen molar-refractivity contribution in [2.24, 2.45) is 0 Å². The van der Waals surface area contributed by atoms with E-state index in [9.17, 15) is 4.79 Å². The van der Waals surface area contributed by atoms with Crippen molar-refractivity contribution in [3.63, 3.8) is 0 Å². The number of amides is 1. The quantitative estimate of drug-likeness (QED) is 0.813. The molecule has 1 amide bonds. The van der Waals surface area contributed by atoms with Gasteiger partial charge in [-0.15, -0.1) is 12.4 Å². The normalized spacial score (nSPS) is 22.8. The number of carbonyl (C=O) groups excluding carboxylic acids is 1. The Labute approximate surface area is 157 Å². The van der Waals surface area contributed by atoms with E-state index in [4.69, 9.17) is 11.6 Å². The lowest BCUT2D eigenvalue weighted by molar-refractivity contribution is -0.135. The number of rotatable bonds is 3. The highest BCUT2D eigenvalue weighted by atomic mass is 79.9. The maximum Gasteiger partial charge on any atom is 0.236 e. The molecule has 2 saturated heterocycles. The number of hydrogen-bond acceptors (Lipinski definition) is 3. The second-order valence-corrected chi connectivity index (χ2v) is 7.31. The Morgan fingerprint density at radius 2 is 2.17 bits per heavy atom. The minimum absolute atomic E-state index is 0. The van der Waals surface area contributed by atoms with Gasteiger partial charge < -0.3 is 10.2 Å². The summed E-state index contributed by atoms with van der Waals surface area (Å²) in [7, 11) is 0. The van der Waals surface area contributed by atoms with Gasteiger partial charge in [-0.05, 0) is 53.0 Å². The molecule has 1 N–H and O–H groups in total. The fraction of sp³-hybridized carbons (Fsp3) is 0.562. The van der Waals surface area contributed by atoms with Gasteiger partial charge in [-0.25, -0.2) is 0 Å². The van der Waals surface area contributed by atoms with Crippen molar-refractivity contribution in [3.05, 3.63) is 33.3 Å². The van der Waals surface area contributed by atoms with Crippen molar-refractivity contribution in [3.8, 4) is 0 Å². The van der Waals surface area contributed by atoms with Gasteiger partial charge in [0.05, 0.1) is 11.6 Å². The third kappa shape index (κ3) is 4.83. The van der Waals surface area contributed by atoms with E-state index in [1.54, 1.807) is 0 Å². The summed E-state index contributed by atoms with van der Waals surface area (Å²) in [5.74, 6) is 0.241. The molecule has 2 fully saturated rings. The van der Waals surface area contributed by atoms with E-state index < -0.39 is 0 Å². The van der Waals surface area contributed by atoms with Crippen LogP contribution in [0.5, 0.6) is 0 Å². The predicted octanol–water partition coefficient (Wildman–Crippen LogP) is 2.92. The molecule has 1 aromatic rings. The third-order valence-electron chi connectivity index (χ3n) is 4.44. The summed E-state index contributed by atoms with van der Waals surface area (Å²) < 4.78 is 0.931. The van der Waals surface area contributed by atoms with E-state index in [0.29, 0.717) is 12.6 Å². The van der Waals surface area contributed by atoms with E-state index in [1.807, 2.05) is 12.1 Å². The van der Waals surface area contributed by atoms with Gasteiger partial charge in [-0.3, -0.25) is 9.69 Å². The Hall–Kier alpha value is -0.330. The number of benzene rings is 1. The summed E-state index contributed by atoms with van der Waals surface area (Å²) in [4.78, 5) is 16.6. The molecular formula is C16H22BrCl2N3O. The van der Waals surface area contributed by atoms with Gasteiger partial charge in [0.1, 0.15) is 0 Å². The standard InChI is InChI=1S/C16H21BrClN3O.ClH/c17-14-4-3-12(8-15(14)18)10-20-6-1-2-13(11-20)21-7-5-19-9-16(21)22;/h3-4,8,13,19H,1-2,5-7,9-11H2;1H. The van der Waals surface area contributed by atoms with Crippen LogP contribution in [0.3, 0.4) is 0 Å². The van der Waals surface area contributed by atoms with Gasteiger partial charge in [0.2, 0.25) is 5.91 Å². The average Bonchev–Trinajstić information content (AvgIpc) is 2.52. The van der Waals surface area contributed by atoms with Gasteiger partial charge in [0.15, 0.2) is 0 Å². The number of nitrogens with zero attached hydrogens (tertiary/aromatic N) is 2. The largest absolute Gasteiger partial charge is 0.336 e. The Balaban J connectivity index is 0.00000192. The molecule has 4 nitrogen and oxygen atoms in total. The molecular weight excluding hydrogens is 401 g/mol. The molecule has 0 aromatic heterocycles. The highest BCUT2D eigenvalue weighted by molar-refractivity contribution is 9.10. The van der Waals surface area contributed by atoms with Crippen molar-refractivity contribution >= 4 is 45.8 Å². The summed E-state index contributed by atoms with van der Waals surface area (Å²) in [5.41, 5.74) is 1.22. The predicted molar refractivity (Wildman–Crippen MR) is 99.3 cm³/mol. The van der Waals surface area contributed by atoms with Gasteiger partial charge in [0.25, 0.3) is 0 Å². The van der Waals surface area contributed by atoms with E-state index in [1.165, 1.54) is 5.56 Å². The van der Waals surface area contributed by atoms with Crippen LogP contribution in [0.25, 0.3) is 0 Å². The topological polar surface area (TPSA) is 35.6 Å². The monoisotopic (exact) mass is 421 g/mol. The summed E-state index contributed by atoms with van der Waals surface area (Å²) in [6.07, 6.45) is 2.26. The molecule has 0 saturated carbocycles. The summed E-state index contributed by atoms with van der Waals surface area (Å²) in [6.45, 7) is 5.17. The van der Waals surface area contributed by atoms with Crippen molar-refractivity contribution in [1.29, 1.82) is 0 Å². The number of piperidine rings is 1. The zero-order valence-electron chi connectivity index (χ0n) is 12.9. The fourth-order valence-corrected chi connectivity index (χ4v) is 3.78. The van der Waals surface area contributed by atoms with Gasteiger partial charge in [0, 0.05) is 36.7 Å². The molecule has 7 heteroatoms. The Bertz CT molecular complexity index is 558. The number of hydrogen-bond donors (Lipinski definition) is 1. The molecule has 0 aliphatic carbocycles. The highest BCUT2D eigenvalue weighted by Crippen LogP contribution is 2.25. The molecule has 128 valence electrons. The minimum Gasteiger partial charge on any atom is -0.336 e. The zero-order chi connectivity index (χ0) is 15.5. The van der Waals surface area contributed by atoms with Crippen LogP contribution < -0.4 is 5.32 Å². The SMILES string of the molecule is Cl.O=C1CNCCN1C1CCCN(Cc2ccc(Br)c(Cl)c2)C1. The van der Waals surface area contributed by atoms with Crippen LogP contribution in [0.4, 0.5) is 0 Å². The molecule has 0 bridgehead atoms. The van der Waals surface area contributed by atoms with E-state index in [0.717, 1.165) is 55.1 Å². The smallest absolute Gasteiger partial charge is 0.236 e. The van der Waals surface area contributed by atoms with E-state index in [2.05, 4.69) is 37.1 Å². The van der Waals surface area contributed by atoms with Crippen molar-refractivity contribution in [2.75, 3.05) is 32.7 Å². The molecule has 1 atom stereocenters. The first-order valence-electron chi connectivity index (χ1n) is 7.80. The lowest BCUT2D eigenvalue weighted by Gasteiger charge is -2.41. The maximum absolute atomic E-state index is 12.1. The first-order chi connectivity index (χ1) is 10.6. The van der Waals surface area contributed by atoms with Crippen LogP contribution in [0, 0.1) is 0 Å². The lowest BCUT2D eigenvalue weighted by atomic mass is 10.0. The number of halogens is 3. The number of nitrogens with one attached hydrogen (secondary N) is 1. The van der Waals surface area contributed by atoms with Crippen LogP contribution in [-0.2, 0) is 11.3 Å².